The molecule has 4 rings (SSSR count). The molecule has 0 saturated carbocycles. The van der Waals surface area contributed by atoms with E-state index in [1.54, 1.807) is 29.2 Å². The van der Waals surface area contributed by atoms with Crippen LogP contribution < -0.4 is 10.2 Å². The van der Waals surface area contributed by atoms with Crippen LogP contribution in [0.15, 0.2) is 54.6 Å². The van der Waals surface area contributed by atoms with Gasteiger partial charge in [0.05, 0.1) is 16.2 Å². The van der Waals surface area contributed by atoms with Crippen LogP contribution in [0.1, 0.15) is 23.3 Å². The Morgan fingerprint density at radius 1 is 1.12 bits per heavy atom. The quantitative estimate of drug-likeness (QED) is 0.754. The fourth-order valence-corrected chi connectivity index (χ4v) is 3.24. The summed E-state index contributed by atoms with van der Waals surface area (Å²) >= 11 is 6.23. The second-order valence-electron chi connectivity index (χ2n) is 6.16. The third-order valence-corrected chi connectivity index (χ3v) is 4.74. The van der Waals surface area contributed by atoms with Gasteiger partial charge in [0.25, 0.3) is 5.91 Å². The maximum absolute atomic E-state index is 12.6. The lowest BCUT2D eigenvalue weighted by atomic mass is 10.2. The zero-order chi connectivity index (χ0) is 18.1. The predicted molar refractivity (Wildman–Crippen MR) is 103 cm³/mol. The molecule has 5 nitrogen and oxygen atoms in total. The molecule has 130 valence electrons. The molecule has 0 atom stereocenters. The van der Waals surface area contributed by atoms with Gasteiger partial charge in [0, 0.05) is 24.0 Å². The molecular formula is C20H16ClN3O2. The summed E-state index contributed by atoms with van der Waals surface area (Å²) in [5.41, 5.74) is 2.26. The van der Waals surface area contributed by atoms with Crippen molar-refractivity contribution in [1.82, 2.24) is 4.98 Å². The molecule has 0 unspecified atom stereocenters. The molecule has 1 aromatic heterocycles. The summed E-state index contributed by atoms with van der Waals surface area (Å²) < 4.78 is 0. The highest BCUT2D eigenvalue weighted by Gasteiger charge is 2.22. The standard InChI is InChI=1S/C20H16ClN3O2/c21-15-9-8-14(24-11-3-6-19(24)25)12-18(15)23-20(26)17-10-7-13-4-1-2-5-16(13)22-17/h1-2,4-5,7-10,12H,3,6,11H2,(H,23,26). The molecule has 6 heteroatoms. The van der Waals surface area contributed by atoms with E-state index in [-0.39, 0.29) is 11.8 Å². The fourth-order valence-electron chi connectivity index (χ4n) is 3.08. The Hall–Kier alpha value is -2.92. The molecule has 26 heavy (non-hydrogen) atoms. The predicted octanol–water partition coefficient (Wildman–Crippen LogP) is 4.27. The molecule has 2 amide bonds. The minimum atomic E-state index is -0.345. The summed E-state index contributed by atoms with van der Waals surface area (Å²) in [5, 5.41) is 4.18. The zero-order valence-electron chi connectivity index (χ0n) is 13.9. The van der Waals surface area contributed by atoms with Gasteiger partial charge in [-0.1, -0.05) is 35.9 Å². The van der Waals surface area contributed by atoms with E-state index in [4.69, 9.17) is 11.6 Å². The van der Waals surface area contributed by atoms with Gasteiger partial charge in [0.2, 0.25) is 5.91 Å². The maximum atomic E-state index is 12.6. The highest BCUT2D eigenvalue weighted by molar-refractivity contribution is 6.34. The molecule has 3 aromatic rings. The van der Waals surface area contributed by atoms with Gasteiger partial charge < -0.3 is 10.2 Å². The van der Waals surface area contributed by atoms with Gasteiger partial charge in [-0.25, -0.2) is 4.98 Å². The number of carbonyl (C=O) groups excluding carboxylic acids is 2. The van der Waals surface area contributed by atoms with Gasteiger partial charge in [-0.3, -0.25) is 9.59 Å². The van der Waals surface area contributed by atoms with Crippen LogP contribution in [-0.2, 0) is 4.79 Å². The summed E-state index contributed by atoms with van der Waals surface area (Å²) in [6.45, 7) is 0.681. The Labute approximate surface area is 155 Å². The number of halogens is 1. The summed E-state index contributed by atoms with van der Waals surface area (Å²) in [6.07, 6.45) is 1.38. The number of para-hydroxylation sites is 1. The highest BCUT2D eigenvalue weighted by atomic mass is 35.5. The number of rotatable bonds is 3. The first-order valence-corrected chi connectivity index (χ1v) is 8.77. The van der Waals surface area contributed by atoms with Crippen molar-refractivity contribution in [2.75, 3.05) is 16.8 Å². The summed E-state index contributed by atoms with van der Waals surface area (Å²) in [7, 11) is 0. The summed E-state index contributed by atoms with van der Waals surface area (Å²) in [6, 6.07) is 16.3. The lowest BCUT2D eigenvalue weighted by Gasteiger charge is -2.17. The Bertz CT molecular complexity index is 1020. The van der Waals surface area contributed by atoms with Crippen molar-refractivity contribution in [2.24, 2.45) is 0 Å². The molecule has 1 aliphatic heterocycles. The van der Waals surface area contributed by atoms with Gasteiger partial charge in [-0.2, -0.15) is 0 Å². The zero-order valence-corrected chi connectivity index (χ0v) is 14.7. The fraction of sp³-hybridized carbons (Fsp3) is 0.150. The largest absolute Gasteiger partial charge is 0.319 e. The monoisotopic (exact) mass is 365 g/mol. The number of carbonyl (C=O) groups is 2. The van der Waals surface area contributed by atoms with Crippen molar-refractivity contribution in [3.05, 3.63) is 65.3 Å². The Kier molecular flexibility index (Phi) is 4.31. The van der Waals surface area contributed by atoms with Crippen LogP contribution >= 0.6 is 11.6 Å². The smallest absolute Gasteiger partial charge is 0.274 e. The number of hydrogen-bond acceptors (Lipinski definition) is 3. The summed E-state index contributed by atoms with van der Waals surface area (Å²) in [5.74, 6) is -0.261. The van der Waals surface area contributed by atoms with E-state index < -0.39 is 0 Å². The molecule has 1 fully saturated rings. The lowest BCUT2D eigenvalue weighted by Crippen LogP contribution is -2.24. The van der Waals surface area contributed by atoms with E-state index in [0.29, 0.717) is 29.4 Å². The Morgan fingerprint density at radius 3 is 2.77 bits per heavy atom. The number of benzene rings is 2. The summed E-state index contributed by atoms with van der Waals surface area (Å²) in [4.78, 5) is 30.6. The molecule has 0 aliphatic carbocycles. The van der Waals surface area contributed by atoms with Crippen molar-refractivity contribution in [3.8, 4) is 0 Å². The molecule has 2 aromatic carbocycles. The second-order valence-corrected chi connectivity index (χ2v) is 6.56. The first kappa shape index (κ1) is 16.5. The third-order valence-electron chi connectivity index (χ3n) is 4.41. The van der Waals surface area contributed by atoms with Gasteiger partial charge in [0.1, 0.15) is 5.69 Å². The first-order chi connectivity index (χ1) is 12.6. The molecule has 0 spiro atoms. The number of amides is 2. The van der Waals surface area contributed by atoms with Crippen LogP contribution in [0.4, 0.5) is 11.4 Å². The van der Waals surface area contributed by atoms with Gasteiger partial charge in [-0.05, 0) is 36.8 Å². The maximum Gasteiger partial charge on any atom is 0.274 e. The average Bonchev–Trinajstić information content (AvgIpc) is 3.09. The van der Waals surface area contributed by atoms with Crippen molar-refractivity contribution in [2.45, 2.75) is 12.8 Å². The molecule has 0 radical (unpaired) electrons. The van der Waals surface area contributed by atoms with E-state index in [0.717, 1.165) is 23.0 Å². The van der Waals surface area contributed by atoms with Crippen LogP contribution in [0.3, 0.4) is 0 Å². The number of nitrogens with one attached hydrogen (secondary N) is 1. The van der Waals surface area contributed by atoms with Gasteiger partial charge >= 0.3 is 0 Å². The molecule has 1 N–H and O–H groups in total. The normalized spacial score (nSPS) is 14.0. The van der Waals surface area contributed by atoms with Crippen LogP contribution in [0.2, 0.25) is 5.02 Å². The second kappa shape index (κ2) is 6.77. The van der Waals surface area contributed by atoms with Gasteiger partial charge in [0.15, 0.2) is 0 Å². The molecule has 1 aliphatic rings. The molecule has 1 saturated heterocycles. The van der Waals surface area contributed by atoms with Crippen LogP contribution in [0, 0.1) is 0 Å². The highest BCUT2D eigenvalue weighted by Crippen LogP contribution is 2.30. The third kappa shape index (κ3) is 3.13. The van der Waals surface area contributed by atoms with E-state index in [1.807, 2.05) is 30.3 Å². The van der Waals surface area contributed by atoms with Crippen molar-refractivity contribution in [3.63, 3.8) is 0 Å². The minimum absolute atomic E-state index is 0.0841. The minimum Gasteiger partial charge on any atom is -0.319 e. The van der Waals surface area contributed by atoms with E-state index in [2.05, 4.69) is 10.3 Å². The lowest BCUT2D eigenvalue weighted by molar-refractivity contribution is -0.117. The molecule has 0 bridgehead atoms. The molecule has 2 heterocycles. The number of aromatic nitrogens is 1. The Morgan fingerprint density at radius 2 is 1.96 bits per heavy atom. The van der Waals surface area contributed by atoms with E-state index in [9.17, 15) is 9.59 Å². The first-order valence-electron chi connectivity index (χ1n) is 8.39. The van der Waals surface area contributed by atoms with E-state index >= 15 is 0 Å². The van der Waals surface area contributed by atoms with E-state index in [1.165, 1.54) is 0 Å². The number of pyridine rings is 1. The van der Waals surface area contributed by atoms with Crippen molar-refractivity contribution < 1.29 is 9.59 Å². The molecular weight excluding hydrogens is 350 g/mol. The number of fused-ring (bicyclic) bond motifs is 1. The van der Waals surface area contributed by atoms with Crippen molar-refractivity contribution in [1.29, 1.82) is 0 Å². The SMILES string of the molecule is O=C(Nc1cc(N2CCCC2=O)ccc1Cl)c1ccc2ccccc2n1. The number of hydrogen-bond donors (Lipinski definition) is 1. The van der Waals surface area contributed by atoms with Gasteiger partial charge in [-0.15, -0.1) is 0 Å². The Balaban J connectivity index is 1.61. The van der Waals surface area contributed by atoms with Crippen LogP contribution in [-0.4, -0.2) is 23.3 Å². The van der Waals surface area contributed by atoms with Crippen LogP contribution in [0.5, 0.6) is 0 Å². The number of anilines is 2. The van der Waals surface area contributed by atoms with Crippen LogP contribution in [0.25, 0.3) is 10.9 Å². The van der Waals surface area contributed by atoms with Crippen molar-refractivity contribution >= 4 is 45.7 Å². The number of nitrogens with zero attached hydrogens (tertiary/aromatic N) is 2. The average molecular weight is 366 g/mol. The topological polar surface area (TPSA) is 62.3 Å².